The first kappa shape index (κ1) is 35.7. The first-order valence-corrected chi connectivity index (χ1v) is 13.7. The Hall–Kier alpha value is -5.51. The van der Waals surface area contributed by atoms with E-state index in [0.717, 1.165) is 20.4 Å². The number of nitrogen functional groups attached to an aromatic ring is 2. The average molecular weight is 693 g/mol. The summed E-state index contributed by atoms with van der Waals surface area (Å²) < 4.78 is 2.31. The van der Waals surface area contributed by atoms with Crippen LogP contribution in [0.3, 0.4) is 0 Å². The standard InChI is InChI=1S/2C7H6N2S.2C7H5NO4.Ni/c2*8-7-9-5-3-1-2-4-6(5)10-7;2*9-6(10)4-2-1-3-5(8-4)7(11)12;/h2*1-4H,(H2,8,9);2*1-3H,(H,9,10)(H,11,12);/q;;;;+2. The normalized spacial score (nSPS) is 9.60. The van der Waals surface area contributed by atoms with Crippen molar-refractivity contribution in [3.8, 4) is 0 Å². The fourth-order valence-corrected chi connectivity index (χ4v) is 4.59. The van der Waals surface area contributed by atoms with E-state index >= 15 is 0 Å². The number of carbonyl (C=O) groups is 4. The number of carboxylic acids is 4. The zero-order valence-corrected chi connectivity index (χ0v) is 25.2. The number of thiazole rings is 2. The van der Waals surface area contributed by atoms with Crippen molar-refractivity contribution in [3.05, 3.63) is 108 Å². The number of fused-ring (bicyclic) bond motifs is 2. The maximum atomic E-state index is 10.3. The zero-order valence-electron chi connectivity index (χ0n) is 22.6. The summed E-state index contributed by atoms with van der Waals surface area (Å²) in [6.45, 7) is 0. The largest absolute Gasteiger partial charge is 2.00 e. The van der Waals surface area contributed by atoms with E-state index in [9.17, 15) is 19.2 Å². The molecule has 0 aliphatic carbocycles. The molecule has 0 amide bonds. The number of anilines is 2. The molecular weight excluding hydrogens is 671 g/mol. The maximum Gasteiger partial charge on any atom is 2.00 e. The van der Waals surface area contributed by atoms with Crippen LogP contribution in [0.4, 0.5) is 10.3 Å². The summed E-state index contributed by atoms with van der Waals surface area (Å²) in [4.78, 5) is 56.2. The first-order valence-electron chi connectivity index (χ1n) is 12.0. The molecule has 0 radical (unpaired) electrons. The van der Waals surface area contributed by atoms with Gasteiger partial charge in [0.1, 0.15) is 22.8 Å². The fourth-order valence-electron chi connectivity index (χ4n) is 3.13. The Morgan fingerprint density at radius 2 is 0.756 bits per heavy atom. The van der Waals surface area contributed by atoms with Gasteiger partial charge < -0.3 is 31.9 Å². The van der Waals surface area contributed by atoms with E-state index in [0.29, 0.717) is 10.3 Å². The molecule has 0 atom stereocenters. The Bertz CT molecular complexity index is 1690. The fraction of sp³-hybridized carbons (Fsp3) is 0. The molecule has 2 aromatic carbocycles. The summed E-state index contributed by atoms with van der Waals surface area (Å²) in [6, 6.07) is 23.4. The smallest absolute Gasteiger partial charge is 0.477 e. The van der Waals surface area contributed by atoms with Crippen LogP contribution in [0.5, 0.6) is 0 Å². The Morgan fingerprint density at radius 3 is 1.02 bits per heavy atom. The van der Waals surface area contributed by atoms with Crippen molar-refractivity contribution >= 4 is 77.2 Å². The molecule has 4 heterocycles. The van der Waals surface area contributed by atoms with Crippen LogP contribution in [0.25, 0.3) is 20.4 Å². The molecule has 0 aliphatic heterocycles. The van der Waals surface area contributed by atoms with Crippen LogP contribution in [0.15, 0.2) is 84.9 Å². The minimum absolute atomic E-state index is 0. The van der Waals surface area contributed by atoms with Gasteiger partial charge >= 0.3 is 40.4 Å². The number of carboxylic acid groups (broad SMARTS) is 4. The Labute approximate surface area is 271 Å². The van der Waals surface area contributed by atoms with E-state index in [2.05, 4.69) is 19.9 Å². The van der Waals surface area contributed by atoms with Gasteiger partial charge in [-0.25, -0.2) is 39.1 Å². The van der Waals surface area contributed by atoms with E-state index in [1.54, 1.807) is 0 Å². The molecule has 0 spiro atoms. The molecule has 4 aromatic heterocycles. The van der Waals surface area contributed by atoms with Gasteiger partial charge in [-0.3, -0.25) is 0 Å². The maximum absolute atomic E-state index is 10.3. The second kappa shape index (κ2) is 17.0. The molecule has 6 rings (SSSR count). The van der Waals surface area contributed by atoms with Crippen LogP contribution >= 0.6 is 22.7 Å². The average Bonchev–Trinajstić information content (AvgIpc) is 3.58. The third-order valence-electron chi connectivity index (χ3n) is 5.00. The van der Waals surface area contributed by atoms with Gasteiger partial charge in [0.2, 0.25) is 0 Å². The quantitative estimate of drug-likeness (QED) is 0.137. The molecule has 0 fully saturated rings. The number of aromatic nitrogens is 4. The van der Waals surface area contributed by atoms with Crippen LogP contribution in [-0.4, -0.2) is 64.2 Å². The number of hydrogen-bond acceptors (Lipinski definition) is 12. The molecule has 45 heavy (non-hydrogen) atoms. The van der Waals surface area contributed by atoms with E-state index < -0.39 is 23.9 Å². The van der Waals surface area contributed by atoms with Crippen molar-refractivity contribution in [2.45, 2.75) is 0 Å². The number of benzene rings is 2. The Kier molecular flexibility index (Phi) is 13.4. The molecule has 0 unspecified atom stereocenters. The molecule has 17 heteroatoms. The molecule has 8 N–H and O–H groups in total. The van der Waals surface area contributed by atoms with E-state index in [4.69, 9.17) is 31.9 Å². The second-order valence-corrected chi connectivity index (χ2v) is 10.2. The van der Waals surface area contributed by atoms with Crippen LogP contribution in [0.2, 0.25) is 0 Å². The molecule has 0 saturated heterocycles. The summed E-state index contributed by atoms with van der Waals surface area (Å²) in [5, 5.41) is 35.0. The van der Waals surface area contributed by atoms with Crippen molar-refractivity contribution < 1.29 is 56.1 Å². The minimum Gasteiger partial charge on any atom is -0.477 e. The van der Waals surface area contributed by atoms with E-state index in [1.807, 2.05) is 48.5 Å². The van der Waals surface area contributed by atoms with Crippen LogP contribution < -0.4 is 11.5 Å². The monoisotopic (exact) mass is 692 g/mol. The van der Waals surface area contributed by atoms with Crippen molar-refractivity contribution in [3.63, 3.8) is 0 Å². The Morgan fingerprint density at radius 1 is 0.467 bits per heavy atom. The summed E-state index contributed by atoms with van der Waals surface area (Å²) in [5.74, 6) is -4.95. The zero-order chi connectivity index (χ0) is 32.2. The number of nitrogens with zero attached hydrogens (tertiary/aromatic N) is 4. The van der Waals surface area contributed by atoms with E-state index in [-0.39, 0.29) is 39.3 Å². The summed E-state index contributed by atoms with van der Waals surface area (Å²) in [5.41, 5.74) is 11.9. The predicted octanol–water partition coefficient (Wildman–Crippen LogP) is 4.71. The number of rotatable bonds is 4. The number of aromatic carboxylic acids is 4. The van der Waals surface area contributed by atoms with Crippen molar-refractivity contribution in [2.75, 3.05) is 11.5 Å². The molecular formula is C28H22N6NiO8S2+2. The van der Waals surface area contributed by atoms with Gasteiger partial charge in [0.15, 0.2) is 10.3 Å². The molecule has 0 bridgehead atoms. The van der Waals surface area contributed by atoms with Crippen molar-refractivity contribution in [1.29, 1.82) is 0 Å². The molecule has 0 aliphatic rings. The number of para-hydroxylation sites is 2. The number of nitrogens with two attached hydrogens (primary N) is 2. The SMILES string of the molecule is Nc1nc2ccccc2s1.Nc1nc2ccccc2s1.O=C(O)c1cccc(C(=O)O)n1.O=C(O)c1cccc(C(=O)O)n1.[Ni+2]. The molecule has 6 aromatic rings. The predicted molar refractivity (Wildman–Crippen MR) is 164 cm³/mol. The van der Waals surface area contributed by atoms with E-state index in [1.165, 1.54) is 59.1 Å². The van der Waals surface area contributed by atoms with Crippen molar-refractivity contribution in [2.24, 2.45) is 0 Å². The van der Waals surface area contributed by atoms with Gasteiger partial charge in [-0.1, -0.05) is 59.1 Å². The van der Waals surface area contributed by atoms with Crippen LogP contribution in [0, 0.1) is 0 Å². The van der Waals surface area contributed by atoms with Gasteiger partial charge in [0.25, 0.3) is 0 Å². The topological polar surface area (TPSA) is 253 Å². The minimum atomic E-state index is -1.24. The number of hydrogen-bond donors (Lipinski definition) is 6. The third-order valence-corrected chi connectivity index (χ3v) is 6.73. The van der Waals surface area contributed by atoms with Crippen molar-refractivity contribution in [1.82, 2.24) is 19.9 Å². The van der Waals surface area contributed by atoms with Gasteiger partial charge in [-0.05, 0) is 48.5 Å². The van der Waals surface area contributed by atoms with Gasteiger partial charge in [0.05, 0.1) is 20.4 Å². The molecule has 14 nitrogen and oxygen atoms in total. The molecule has 232 valence electrons. The van der Waals surface area contributed by atoms with Gasteiger partial charge in [0, 0.05) is 0 Å². The Balaban J connectivity index is 0.000000208. The molecule has 0 saturated carbocycles. The summed E-state index contributed by atoms with van der Waals surface area (Å²) >= 11 is 3.04. The third kappa shape index (κ3) is 10.9. The second-order valence-electron chi connectivity index (χ2n) is 8.08. The summed E-state index contributed by atoms with van der Waals surface area (Å²) in [6.07, 6.45) is 0. The first-order chi connectivity index (χ1) is 20.9. The van der Waals surface area contributed by atoms with Gasteiger partial charge in [-0.2, -0.15) is 0 Å². The van der Waals surface area contributed by atoms with Gasteiger partial charge in [-0.15, -0.1) is 0 Å². The van der Waals surface area contributed by atoms with Crippen LogP contribution in [0.1, 0.15) is 42.0 Å². The summed E-state index contributed by atoms with van der Waals surface area (Å²) in [7, 11) is 0. The number of pyridine rings is 2. The van der Waals surface area contributed by atoms with Crippen LogP contribution in [-0.2, 0) is 16.5 Å².